The number of esters is 1. The summed E-state index contributed by atoms with van der Waals surface area (Å²) in [6.45, 7) is 4.37. The molecule has 0 saturated heterocycles. The Hall–Kier alpha value is -2.81. The van der Waals surface area contributed by atoms with E-state index in [1.807, 2.05) is 0 Å². The molecule has 0 N–H and O–H groups in total. The lowest BCUT2D eigenvalue weighted by atomic mass is 10.1. The van der Waals surface area contributed by atoms with Crippen molar-refractivity contribution < 1.29 is 27.4 Å². The summed E-state index contributed by atoms with van der Waals surface area (Å²) < 4.78 is 52.3. The van der Waals surface area contributed by atoms with Crippen molar-refractivity contribution in [2.45, 2.75) is 26.9 Å². The lowest BCUT2D eigenvalue weighted by Gasteiger charge is -2.13. The Labute approximate surface area is 169 Å². The van der Waals surface area contributed by atoms with E-state index in [0.717, 1.165) is 6.07 Å². The lowest BCUT2D eigenvalue weighted by Crippen LogP contribution is -2.16. The minimum atomic E-state index is -4.68. The van der Waals surface area contributed by atoms with E-state index in [4.69, 9.17) is 21.1 Å². The lowest BCUT2D eigenvalue weighted by molar-refractivity contribution is -0.145. The fourth-order valence-electron chi connectivity index (χ4n) is 2.89. The van der Waals surface area contributed by atoms with Crippen molar-refractivity contribution in [3.63, 3.8) is 0 Å². The molecule has 2 aromatic heterocycles. The molecule has 6 nitrogen and oxygen atoms in total. The van der Waals surface area contributed by atoms with Gasteiger partial charge in [0.05, 0.1) is 28.9 Å². The van der Waals surface area contributed by atoms with Gasteiger partial charge in [0.1, 0.15) is 0 Å². The van der Waals surface area contributed by atoms with Crippen LogP contribution in [0.5, 0.6) is 5.88 Å². The molecule has 0 unspecified atom stereocenters. The molecular weight excluding hydrogens is 411 g/mol. The maximum atomic E-state index is 13.7. The van der Waals surface area contributed by atoms with Gasteiger partial charge in [-0.25, -0.2) is 9.48 Å². The first-order valence-electron chi connectivity index (χ1n) is 8.65. The number of hydrogen-bond acceptors (Lipinski definition) is 5. The summed E-state index contributed by atoms with van der Waals surface area (Å²) in [7, 11) is 0. The molecule has 0 aliphatic carbocycles. The van der Waals surface area contributed by atoms with Crippen molar-refractivity contribution >= 4 is 28.6 Å². The standard InChI is InChI=1S/C19H17ClF3N3O3/c1-4-28-16(27)9-29-15-8-12(19(21,22)23)17-11(3)25-26(18(17)24-15)14-7-5-6-13(20)10(14)2/h5-8H,4,9H2,1-3H3. The average molecular weight is 428 g/mol. The molecule has 0 fully saturated rings. The van der Waals surface area contributed by atoms with Crippen LogP contribution in [0, 0.1) is 13.8 Å². The number of rotatable bonds is 5. The highest BCUT2D eigenvalue weighted by Gasteiger charge is 2.36. The van der Waals surface area contributed by atoms with Gasteiger partial charge >= 0.3 is 12.1 Å². The van der Waals surface area contributed by atoms with Crippen LogP contribution in [0.4, 0.5) is 13.2 Å². The SMILES string of the molecule is CCOC(=O)COc1cc(C(F)(F)F)c2c(C)nn(-c3cccc(Cl)c3C)c2n1. The molecular formula is C19H17ClF3N3O3. The van der Waals surface area contributed by atoms with Crippen molar-refractivity contribution in [2.24, 2.45) is 0 Å². The quantitative estimate of drug-likeness (QED) is 0.554. The Morgan fingerprint density at radius 3 is 2.66 bits per heavy atom. The molecule has 10 heteroatoms. The number of fused-ring (bicyclic) bond motifs is 1. The number of pyridine rings is 1. The number of benzene rings is 1. The van der Waals surface area contributed by atoms with Crippen LogP contribution < -0.4 is 4.74 Å². The van der Waals surface area contributed by atoms with Gasteiger partial charge in [0, 0.05) is 11.1 Å². The number of aromatic nitrogens is 3. The van der Waals surface area contributed by atoms with Gasteiger partial charge in [0.2, 0.25) is 5.88 Å². The van der Waals surface area contributed by atoms with Gasteiger partial charge in [0.25, 0.3) is 0 Å². The van der Waals surface area contributed by atoms with Crippen molar-refractivity contribution in [1.29, 1.82) is 0 Å². The summed E-state index contributed by atoms with van der Waals surface area (Å²) in [5, 5.41) is 4.54. The third-order valence-corrected chi connectivity index (χ3v) is 4.61. The highest BCUT2D eigenvalue weighted by atomic mass is 35.5. The predicted octanol–water partition coefficient (Wildman–Crippen LogP) is 4.65. The number of ether oxygens (including phenoxy) is 2. The molecule has 0 saturated carbocycles. The molecule has 0 aliphatic heterocycles. The number of carbonyl (C=O) groups is 1. The van der Waals surface area contributed by atoms with Crippen molar-refractivity contribution in [3.05, 3.63) is 46.1 Å². The summed E-state index contributed by atoms with van der Waals surface area (Å²) >= 11 is 6.15. The van der Waals surface area contributed by atoms with E-state index >= 15 is 0 Å². The highest BCUT2D eigenvalue weighted by Crippen LogP contribution is 2.38. The van der Waals surface area contributed by atoms with Crippen molar-refractivity contribution in [3.8, 4) is 11.6 Å². The third-order valence-electron chi connectivity index (χ3n) is 4.21. The third kappa shape index (κ3) is 4.14. The zero-order chi connectivity index (χ0) is 21.3. The molecule has 0 bridgehead atoms. The van der Waals surface area contributed by atoms with Crippen LogP contribution in [0.2, 0.25) is 5.02 Å². The zero-order valence-corrected chi connectivity index (χ0v) is 16.6. The van der Waals surface area contributed by atoms with Crippen LogP contribution in [0.15, 0.2) is 24.3 Å². The van der Waals surface area contributed by atoms with Gasteiger partial charge in [-0.05, 0) is 38.5 Å². The summed E-state index contributed by atoms with van der Waals surface area (Å²) in [5.74, 6) is -1.07. The van der Waals surface area contributed by atoms with Gasteiger partial charge in [-0.1, -0.05) is 17.7 Å². The number of aryl methyl sites for hydroxylation is 1. The minimum absolute atomic E-state index is 0.0541. The molecule has 0 amide bonds. The summed E-state index contributed by atoms with van der Waals surface area (Å²) in [4.78, 5) is 15.7. The summed E-state index contributed by atoms with van der Waals surface area (Å²) in [5.41, 5.74) is 0.257. The van der Waals surface area contributed by atoms with E-state index in [1.165, 1.54) is 11.6 Å². The fraction of sp³-hybridized carbons (Fsp3) is 0.316. The molecule has 0 spiro atoms. The normalized spacial score (nSPS) is 11.7. The van der Waals surface area contributed by atoms with E-state index in [0.29, 0.717) is 16.3 Å². The summed E-state index contributed by atoms with van der Waals surface area (Å²) in [6, 6.07) is 5.76. The van der Waals surface area contributed by atoms with E-state index in [1.54, 1.807) is 32.0 Å². The molecule has 3 rings (SSSR count). The first kappa shape index (κ1) is 20.9. The molecule has 1 aromatic carbocycles. The van der Waals surface area contributed by atoms with Crippen LogP contribution in [0.3, 0.4) is 0 Å². The second-order valence-corrected chi connectivity index (χ2v) is 6.59. The molecule has 0 aliphatic rings. The van der Waals surface area contributed by atoms with Crippen LogP contribution in [-0.4, -0.2) is 33.9 Å². The number of nitrogens with zero attached hydrogens (tertiary/aromatic N) is 3. The Balaban J connectivity index is 2.21. The van der Waals surface area contributed by atoms with Crippen LogP contribution in [0.25, 0.3) is 16.7 Å². The largest absolute Gasteiger partial charge is 0.466 e. The topological polar surface area (TPSA) is 66.2 Å². The van der Waals surface area contributed by atoms with Crippen molar-refractivity contribution in [2.75, 3.05) is 13.2 Å². The predicted molar refractivity (Wildman–Crippen MR) is 100 cm³/mol. The molecule has 0 atom stereocenters. The number of halogens is 4. The maximum Gasteiger partial charge on any atom is 0.417 e. The second-order valence-electron chi connectivity index (χ2n) is 6.18. The van der Waals surface area contributed by atoms with Crippen LogP contribution in [-0.2, 0) is 15.7 Å². The number of alkyl halides is 3. The monoisotopic (exact) mass is 427 g/mol. The Kier molecular flexibility index (Phi) is 5.70. The van der Waals surface area contributed by atoms with Gasteiger partial charge in [0.15, 0.2) is 12.3 Å². The van der Waals surface area contributed by atoms with Crippen LogP contribution >= 0.6 is 11.6 Å². The van der Waals surface area contributed by atoms with Crippen LogP contribution in [0.1, 0.15) is 23.7 Å². The number of hydrogen-bond donors (Lipinski definition) is 0. The fourth-order valence-corrected chi connectivity index (χ4v) is 3.06. The Bertz CT molecular complexity index is 1080. The second kappa shape index (κ2) is 7.90. The van der Waals surface area contributed by atoms with Gasteiger partial charge in [-0.3, -0.25) is 0 Å². The highest BCUT2D eigenvalue weighted by molar-refractivity contribution is 6.31. The summed E-state index contributed by atoms with van der Waals surface area (Å²) in [6.07, 6.45) is -4.68. The first-order chi connectivity index (χ1) is 13.6. The number of carbonyl (C=O) groups excluding carboxylic acids is 1. The smallest absolute Gasteiger partial charge is 0.417 e. The van der Waals surface area contributed by atoms with Gasteiger partial charge in [-0.15, -0.1) is 0 Å². The maximum absolute atomic E-state index is 13.7. The Morgan fingerprint density at radius 1 is 1.28 bits per heavy atom. The van der Waals surface area contributed by atoms with Gasteiger partial charge in [-0.2, -0.15) is 23.3 Å². The first-order valence-corrected chi connectivity index (χ1v) is 9.02. The Morgan fingerprint density at radius 2 is 2.00 bits per heavy atom. The van der Waals surface area contributed by atoms with E-state index in [2.05, 4.69) is 10.1 Å². The molecule has 29 heavy (non-hydrogen) atoms. The zero-order valence-electron chi connectivity index (χ0n) is 15.8. The molecule has 154 valence electrons. The van der Waals surface area contributed by atoms with E-state index in [-0.39, 0.29) is 29.2 Å². The molecule has 2 heterocycles. The van der Waals surface area contributed by atoms with E-state index in [9.17, 15) is 18.0 Å². The molecule has 3 aromatic rings. The molecule has 0 radical (unpaired) electrons. The average Bonchev–Trinajstić information content (AvgIpc) is 2.97. The van der Waals surface area contributed by atoms with Crippen molar-refractivity contribution in [1.82, 2.24) is 14.8 Å². The van der Waals surface area contributed by atoms with Gasteiger partial charge < -0.3 is 9.47 Å². The van der Waals surface area contributed by atoms with E-state index < -0.39 is 24.3 Å². The minimum Gasteiger partial charge on any atom is -0.466 e.